The van der Waals surface area contributed by atoms with E-state index in [1.54, 1.807) is 6.07 Å². The van der Waals surface area contributed by atoms with E-state index in [2.05, 4.69) is 12.2 Å². The first-order valence-electron chi connectivity index (χ1n) is 7.26. The summed E-state index contributed by atoms with van der Waals surface area (Å²) in [6.07, 6.45) is 0.940. The van der Waals surface area contributed by atoms with Crippen LogP contribution in [0.3, 0.4) is 0 Å². The van der Waals surface area contributed by atoms with E-state index in [4.69, 9.17) is 9.52 Å². The van der Waals surface area contributed by atoms with Crippen molar-refractivity contribution in [2.24, 2.45) is 0 Å². The second kappa shape index (κ2) is 6.66. The lowest BCUT2D eigenvalue weighted by Gasteiger charge is -2.17. The average molecular weight is 317 g/mol. The molecule has 3 N–H and O–H groups in total. The number of hydrogen-bond acceptors (Lipinski definition) is 4. The lowest BCUT2D eigenvalue weighted by molar-refractivity contribution is -0.155. The van der Waals surface area contributed by atoms with Crippen molar-refractivity contribution >= 4 is 11.9 Å². The molecule has 2 aromatic rings. The number of amides is 1. The van der Waals surface area contributed by atoms with Gasteiger partial charge in [0.2, 0.25) is 0 Å². The second-order valence-electron chi connectivity index (χ2n) is 5.48. The maximum atomic E-state index is 12.0. The summed E-state index contributed by atoms with van der Waals surface area (Å²) in [5, 5.41) is 20.7. The molecular weight excluding hydrogens is 298 g/mol. The maximum absolute atomic E-state index is 12.0. The Morgan fingerprint density at radius 3 is 2.39 bits per heavy atom. The van der Waals surface area contributed by atoms with Gasteiger partial charge in [0, 0.05) is 5.56 Å². The Bertz CT molecular complexity index is 700. The molecule has 1 heterocycles. The van der Waals surface area contributed by atoms with Gasteiger partial charge in [-0.25, -0.2) is 4.79 Å². The van der Waals surface area contributed by atoms with E-state index in [-0.39, 0.29) is 5.76 Å². The van der Waals surface area contributed by atoms with Crippen molar-refractivity contribution in [2.45, 2.75) is 25.9 Å². The number of hydrogen-bond donors (Lipinski definition) is 3. The lowest BCUT2D eigenvalue weighted by Crippen LogP contribution is -2.46. The van der Waals surface area contributed by atoms with E-state index in [9.17, 15) is 14.7 Å². The van der Waals surface area contributed by atoms with E-state index in [0.29, 0.717) is 5.76 Å². The minimum Gasteiger partial charge on any atom is -0.479 e. The number of nitrogens with one attached hydrogen (secondary N) is 1. The van der Waals surface area contributed by atoms with Gasteiger partial charge in [0.05, 0.1) is 6.54 Å². The van der Waals surface area contributed by atoms with Crippen LogP contribution in [0.2, 0.25) is 0 Å². The van der Waals surface area contributed by atoms with E-state index < -0.39 is 24.0 Å². The van der Waals surface area contributed by atoms with Gasteiger partial charge in [-0.15, -0.1) is 0 Å². The Balaban J connectivity index is 2.06. The zero-order valence-electron chi connectivity index (χ0n) is 13.0. The number of benzene rings is 1. The zero-order valence-corrected chi connectivity index (χ0v) is 13.0. The van der Waals surface area contributed by atoms with E-state index in [0.717, 1.165) is 18.9 Å². The number of carboxylic acids is 1. The summed E-state index contributed by atoms with van der Waals surface area (Å²) >= 11 is 0. The molecule has 0 saturated heterocycles. The summed E-state index contributed by atoms with van der Waals surface area (Å²) in [6, 6.07) is 11.0. The standard InChI is InChI=1S/C17H19NO5/c1-3-11-4-6-12(7-5-11)13-8-9-14(23-13)15(19)18-10-17(2,22)16(20)21/h4-9,22H,3,10H2,1-2H3,(H,18,19)(H,20,21). The van der Waals surface area contributed by atoms with Gasteiger partial charge in [0.1, 0.15) is 5.76 Å². The minimum atomic E-state index is -2.03. The molecule has 1 atom stereocenters. The van der Waals surface area contributed by atoms with Crippen molar-refractivity contribution < 1.29 is 24.2 Å². The van der Waals surface area contributed by atoms with Crippen molar-refractivity contribution in [2.75, 3.05) is 6.54 Å². The molecule has 0 spiro atoms. The van der Waals surface area contributed by atoms with Crippen LogP contribution in [-0.4, -0.2) is 34.2 Å². The summed E-state index contributed by atoms with van der Waals surface area (Å²) < 4.78 is 5.49. The van der Waals surface area contributed by atoms with Crippen LogP contribution in [-0.2, 0) is 11.2 Å². The van der Waals surface area contributed by atoms with E-state index >= 15 is 0 Å². The molecule has 0 aliphatic heterocycles. The van der Waals surface area contributed by atoms with E-state index in [1.807, 2.05) is 24.3 Å². The highest BCUT2D eigenvalue weighted by Gasteiger charge is 2.30. The highest BCUT2D eigenvalue weighted by Crippen LogP contribution is 2.22. The molecule has 1 unspecified atom stereocenters. The van der Waals surface area contributed by atoms with Gasteiger partial charge in [0.25, 0.3) is 5.91 Å². The molecule has 0 aliphatic carbocycles. The molecule has 0 aliphatic rings. The van der Waals surface area contributed by atoms with Crippen LogP contribution in [0.1, 0.15) is 30.0 Å². The van der Waals surface area contributed by atoms with Crippen LogP contribution in [0, 0.1) is 0 Å². The fourth-order valence-electron chi connectivity index (χ4n) is 1.93. The molecule has 122 valence electrons. The molecule has 0 saturated carbocycles. The minimum absolute atomic E-state index is 0.0563. The van der Waals surface area contributed by atoms with Crippen molar-refractivity contribution in [1.82, 2.24) is 5.32 Å². The predicted octanol–water partition coefficient (Wildman–Crippen LogP) is 2.07. The van der Waals surface area contributed by atoms with Crippen molar-refractivity contribution in [3.05, 3.63) is 47.7 Å². The van der Waals surface area contributed by atoms with Gasteiger partial charge in [0.15, 0.2) is 11.4 Å². The number of aliphatic hydroxyl groups is 1. The number of aliphatic carboxylic acids is 1. The number of carbonyl (C=O) groups is 2. The van der Waals surface area contributed by atoms with Crippen molar-refractivity contribution in [1.29, 1.82) is 0 Å². The highest BCUT2D eigenvalue weighted by atomic mass is 16.4. The van der Waals surface area contributed by atoms with E-state index in [1.165, 1.54) is 11.6 Å². The third-order valence-electron chi connectivity index (χ3n) is 3.53. The number of aryl methyl sites for hydroxylation is 1. The highest BCUT2D eigenvalue weighted by molar-refractivity contribution is 5.92. The lowest BCUT2D eigenvalue weighted by atomic mass is 10.1. The van der Waals surface area contributed by atoms with Crippen molar-refractivity contribution in [3.8, 4) is 11.3 Å². The quantitative estimate of drug-likeness (QED) is 0.757. The first-order valence-corrected chi connectivity index (χ1v) is 7.26. The molecule has 2 rings (SSSR count). The molecular formula is C17H19NO5. The number of furan rings is 1. The Hall–Kier alpha value is -2.60. The van der Waals surface area contributed by atoms with Gasteiger partial charge < -0.3 is 19.9 Å². The molecule has 23 heavy (non-hydrogen) atoms. The fourth-order valence-corrected chi connectivity index (χ4v) is 1.93. The second-order valence-corrected chi connectivity index (χ2v) is 5.48. The molecule has 0 bridgehead atoms. The molecule has 1 aromatic carbocycles. The van der Waals surface area contributed by atoms with Crippen LogP contribution in [0.25, 0.3) is 11.3 Å². The average Bonchev–Trinajstić information content (AvgIpc) is 3.02. The Morgan fingerprint density at radius 2 is 1.83 bits per heavy atom. The maximum Gasteiger partial charge on any atom is 0.337 e. The van der Waals surface area contributed by atoms with Gasteiger partial charge in [-0.1, -0.05) is 31.2 Å². The monoisotopic (exact) mass is 317 g/mol. The first-order chi connectivity index (χ1) is 10.8. The van der Waals surface area contributed by atoms with Crippen LogP contribution in [0.15, 0.2) is 40.8 Å². The topological polar surface area (TPSA) is 99.8 Å². The summed E-state index contributed by atoms with van der Waals surface area (Å²) in [7, 11) is 0. The normalized spacial score (nSPS) is 13.3. The predicted molar refractivity (Wildman–Crippen MR) is 84.1 cm³/mol. The van der Waals surface area contributed by atoms with Crippen LogP contribution in [0.5, 0.6) is 0 Å². The third-order valence-corrected chi connectivity index (χ3v) is 3.53. The molecule has 6 heteroatoms. The van der Waals surface area contributed by atoms with Crippen LogP contribution >= 0.6 is 0 Å². The van der Waals surface area contributed by atoms with Crippen LogP contribution < -0.4 is 5.32 Å². The van der Waals surface area contributed by atoms with Gasteiger partial charge >= 0.3 is 5.97 Å². The molecule has 0 radical (unpaired) electrons. The SMILES string of the molecule is CCc1ccc(-c2ccc(C(=O)NCC(C)(O)C(=O)O)o2)cc1. The van der Waals surface area contributed by atoms with Gasteiger partial charge in [-0.05, 0) is 31.0 Å². The van der Waals surface area contributed by atoms with Crippen LogP contribution in [0.4, 0.5) is 0 Å². The molecule has 0 fully saturated rings. The summed E-state index contributed by atoms with van der Waals surface area (Å²) in [4.78, 5) is 22.7. The smallest absolute Gasteiger partial charge is 0.337 e. The number of carboxylic acid groups (broad SMARTS) is 1. The van der Waals surface area contributed by atoms with Gasteiger partial charge in [-0.2, -0.15) is 0 Å². The third kappa shape index (κ3) is 3.98. The van der Waals surface area contributed by atoms with Crippen molar-refractivity contribution in [3.63, 3.8) is 0 Å². The summed E-state index contributed by atoms with van der Waals surface area (Å²) in [6.45, 7) is 2.76. The largest absolute Gasteiger partial charge is 0.479 e. The molecule has 1 amide bonds. The Morgan fingerprint density at radius 1 is 1.17 bits per heavy atom. The summed E-state index contributed by atoms with van der Waals surface area (Å²) in [5.74, 6) is -1.39. The first kappa shape index (κ1) is 16.8. The fraction of sp³-hybridized carbons (Fsp3) is 0.294. The Kier molecular flexibility index (Phi) is 4.86. The molecule has 1 aromatic heterocycles. The summed E-state index contributed by atoms with van der Waals surface area (Å²) in [5.41, 5.74) is 0.0223. The zero-order chi connectivity index (χ0) is 17.0. The number of carbonyl (C=O) groups excluding carboxylic acids is 1. The molecule has 6 nitrogen and oxygen atoms in total. The van der Waals surface area contributed by atoms with Gasteiger partial charge in [-0.3, -0.25) is 4.79 Å². The number of rotatable bonds is 6. The Labute approximate surface area is 133 Å².